The molecule has 1 aliphatic rings. The van der Waals surface area contributed by atoms with Gasteiger partial charge in [-0.3, -0.25) is 0 Å². The molecule has 1 heterocycles. The molecular weight excluding hydrogens is 219 g/mol. The molecule has 0 spiro atoms. The highest BCUT2D eigenvalue weighted by Crippen LogP contribution is 2.29. The second kappa shape index (κ2) is 5.96. The van der Waals surface area contributed by atoms with Crippen LogP contribution in [-0.4, -0.2) is 23.2 Å². The number of rotatable bonds is 4. The van der Waals surface area contributed by atoms with Gasteiger partial charge in [-0.25, -0.2) is 4.98 Å². The first-order valence-electron chi connectivity index (χ1n) is 6.27. The molecule has 3 nitrogen and oxygen atoms in total. The summed E-state index contributed by atoms with van der Waals surface area (Å²) < 4.78 is 12.9. The summed E-state index contributed by atoms with van der Waals surface area (Å²) in [6.45, 7) is 1.02. The molecule has 0 aromatic carbocycles. The SMILES string of the molecule is OCC1CCCCC1CNc1cccc(F)n1. The lowest BCUT2D eigenvalue weighted by Gasteiger charge is -2.30. The number of anilines is 1. The number of nitrogens with one attached hydrogen (secondary N) is 1. The van der Waals surface area contributed by atoms with Crippen molar-refractivity contribution in [1.29, 1.82) is 0 Å². The summed E-state index contributed by atoms with van der Waals surface area (Å²) in [7, 11) is 0. The molecule has 1 saturated carbocycles. The van der Waals surface area contributed by atoms with Gasteiger partial charge in [0.15, 0.2) is 0 Å². The Labute approximate surface area is 101 Å². The molecule has 17 heavy (non-hydrogen) atoms. The van der Waals surface area contributed by atoms with Crippen LogP contribution in [0.4, 0.5) is 10.2 Å². The maximum absolute atomic E-state index is 12.9. The summed E-state index contributed by atoms with van der Waals surface area (Å²) in [4.78, 5) is 3.77. The molecule has 1 aliphatic carbocycles. The van der Waals surface area contributed by atoms with Gasteiger partial charge in [0, 0.05) is 13.2 Å². The predicted molar refractivity (Wildman–Crippen MR) is 65.2 cm³/mol. The van der Waals surface area contributed by atoms with Crippen LogP contribution in [0.25, 0.3) is 0 Å². The third-order valence-corrected chi connectivity index (χ3v) is 3.56. The maximum Gasteiger partial charge on any atom is 0.214 e. The van der Waals surface area contributed by atoms with Crippen molar-refractivity contribution in [1.82, 2.24) is 4.98 Å². The molecule has 0 amide bonds. The normalized spacial score (nSPS) is 24.6. The van der Waals surface area contributed by atoms with E-state index < -0.39 is 5.95 Å². The van der Waals surface area contributed by atoms with Crippen molar-refractivity contribution in [3.63, 3.8) is 0 Å². The lowest BCUT2D eigenvalue weighted by molar-refractivity contribution is 0.141. The number of aromatic nitrogens is 1. The van der Waals surface area contributed by atoms with Crippen LogP contribution in [0, 0.1) is 17.8 Å². The Morgan fingerprint density at radius 3 is 2.76 bits per heavy atom. The van der Waals surface area contributed by atoms with Gasteiger partial charge < -0.3 is 10.4 Å². The molecule has 2 N–H and O–H groups in total. The van der Waals surface area contributed by atoms with E-state index in [0.717, 1.165) is 19.4 Å². The summed E-state index contributed by atoms with van der Waals surface area (Å²) in [5.41, 5.74) is 0. The van der Waals surface area contributed by atoms with Gasteiger partial charge in [-0.2, -0.15) is 4.39 Å². The summed E-state index contributed by atoms with van der Waals surface area (Å²) >= 11 is 0. The zero-order valence-electron chi connectivity index (χ0n) is 9.90. The highest BCUT2D eigenvalue weighted by molar-refractivity contribution is 5.33. The topological polar surface area (TPSA) is 45.1 Å². The number of aliphatic hydroxyl groups is 1. The van der Waals surface area contributed by atoms with Crippen LogP contribution in [0.3, 0.4) is 0 Å². The molecule has 0 saturated heterocycles. The Morgan fingerprint density at radius 1 is 1.29 bits per heavy atom. The Morgan fingerprint density at radius 2 is 2.06 bits per heavy atom. The first kappa shape index (κ1) is 12.3. The van der Waals surface area contributed by atoms with Crippen LogP contribution in [-0.2, 0) is 0 Å². The number of halogens is 1. The van der Waals surface area contributed by atoms with Gasteiger partial charge in [0.05, 0.1) is 0 Å². The highest BCUT2D eigenvalue weighted by Gasteiger charge is 2.24. The molecule has 2 atom stereocenters. The molecule has 0 aliphatic heterocycles. The van der Waals surface area contributed by atoms with Gasteiger partial charge in [0.2, 0.25) is 5.95 Å². The van der Waals surface area contributed by atoms with E-state index in [1.807, 2.05) is 0 Å². The van der Waals surface area contributed by atoms with E-state index in [9.17, 15) is 9.50 Å². The molecule has 1 aromatic heterocycles. The van der Waals surface area contributed by atoms with Gasteiger partial charge >= 0.3 is 0 Å². The second-order valence-electron chi connectivity index (χ2n) is 4.71. The van der Waals surface area contributed by atoms with Crippen molar-refractivity contribution < 1.29 is 9.50 Å². The number of aliphatic hydroxyl groups excluding tert-OH is 1. The fourth-order valence-corrected chi connectivity index (χ4v) is 2.54. The summed E-state index contributed by atoms with van der Waals surface area (Å²) in [5.74, 6) is 0.966. The van der Waals surface area contributed by atoms with Crippen LogP contribution >= 0.6 is 0 Å². The van der Waals surface area contributed by atoms with Gasteiger partial charge in [0.1, 0.15) is 5.82 Å². The number of pyridine rings is 1. The van der Waals surface area contributed by atoms with Gasteiger partial charge in [-0.05, 0) is 36.8 Å². The van der Waals surface area contributed by atoms with Crippen LogP contribution in [0.1, 0.15) is 25.7 Å². The smallest absolute Gasteiger partial charge is 0.214 e. The van der Waals surface area contributed by atoms with E-state index in [1.165, 1.54) is 18.9 Å². The van der Waals surface area contributed by atoms with Crippen LogP contribution in [0.5, 0.6) is 0 Å². The second-order valence-corrected chi connectivity index (χ2v) is 4.71. The molecule has 1 aromatic rings. The molecule has 2 rings (SSSR count). The minimum Gasteiger partial charge on any atom is -0.396 e. The molecule has 94 valence electrons. The minimum atomic E-state index is -0.461. The lowest BCUT2D eigenvalue weighted by atomic mass is 9.79. The number of nitrogens with zero attached hydrogens (tertiary/aromatic N) is 1. The van der Waals surface area contributed by atoms with E-state index in [2.05, 4.69) is 10.3 Å². The number of hydrogen-bond acceptors (Lipinski definition) is 3. The molecular formula is C13H19FN2O. The summed E-state index contributed by atoms with van der Waals surface area (Å²) in [6.07, 6.45) is 4.66. The fourth-order valence-electron chi connectivity index (χ4n) is 2.54. The standard InChI is InChI=1S/C13H19FN2O/c14-12-6-3-7-13(16-12)15-8-10-4-1-2-5-11(10)9-17/h3,6-7,10-11,17H,1-2,4-5,8-9H2,(H,15,16). The molecule has 1 fully saturated rings. The average Bonchev–Trinajstić information content (AvgIpc) is 2.37. The maximum atomic E-state index is 12.9. The lowest BCUT2D eigenvalue weighted by Crippen LogP contribution is -2.28. The van der Waals surface area contributed by atoms with Gasteiger partial charge in [-0.1, -0.05) is 18.9 Å². The zero-order chi connectivity index (χ0) is 12.1. The molecule has 2 unspecified atom stereocenters. The first-order valence-corrected chi connectivity index (χ1v) is 6.27. The van der Waals surface area contributed by atoms with Crippen molar-refractivity contribution in [3.05, 3.63) is 24.1 Å². The van der Waals surface area contributed by atoms with E-state index in [0.29, 0.717) is 17.7 Å². The van der Waals surface area contributed by atoms with E-state index in [1.54, 1.807) is 12.1 Å². The predicted octanol–water partition coefficient (Wildman–Crippen LogP) is 2.43. The number of hydrogen-bond donors (Lipinski definition) is 2. The first-order chi connectivity index (χ1) is 8.29. The molecule has 0 bridgehead atoms. The Balaban J connectivity index is 1.88. The average molecular weight is 238 g/mol. The van der Waals surface area contributed by atoms with Crippen molar-refractivity contribution in [3.8, 4) is 0 Å². The van der Waals surface area contributed by atoms with Gasteiger partial charge in [-0.15, -0.1) is 0 Å². The van der Waals surface area contributed by atoms with Crippen molar-refractivity contribution in [2.75, 3.05) is 18.5 Å². The van der Waals surface area contributed by atoms with Crippen molar-refractivity contribution >= 4 is 5.82 Å². The molecule has 0 radical (unpaired) electrons. The quantitative estimate of drug-likeness (QED) is 0.792. The highest BCUT2D eigenvalue weighted by atomic mass is 19.1. The Kier molecular flexibility index (Phi) is 4.31. The largest absolute Gasteiger partial charge is 0.396 e. The summed E-state index contributed by atoms with van der Waals surface area (Å²) in [6, 6.07) is 4.75. The molecule has 4 heteroatoms. The summed E-state index contributed by atoms with van der Waals surface area (Å²) in [5, 5.41) is 12.5. The fraction of sp³-hybridized carbons (Fsp3) is 0.615. The third kappa shape index (κ3) is 3.40. The van der Waals surface area contributed by atoms with Crippen LogP contribution < -0.4 is 5.32 Å². The minimum absolute atomic E-state index is 0.253. The van der Waals surface area contributed by atoms with Crippen LogP contribution in [0.15, 0.2) is 18.2 Å². The van der Waals surface area contributed by atoms with E-state index in [-0.39, 0.29) is 6.61 Å². The van der Waals surface area contributed by atoms with Crippen molar-refractivity contribution in [2.45, 2.75) is 25.7 Å². The van der Waals surface area contributed by atoms with Crippen LogP contribution in [0.2, 0.25) is 0 Å². The van der Waals surface area contributed by atoms with Crippen molar-refractivity contribution in [2.24, 2.45) is 11.8 Å². The monoisotopic (exact) mass is 238 g/mol. The van der Waals surface area contributed by atoms with E-state index >= 15 is 0 Å². The zero-order valence-corrected chi connectivity index (χ0v) is 9.90. The Bertz CT molecular complexity index is 359. The Hall–Kier alpha value is -1.16. The van der Waals surface area contributed by atoms with Gasteiger partial charge in [0.25, 0.3) is 0 Å². The third-order valence-electron chi connectivity index (χ3n) is 3.56. The van der Waals surface area contributed by atoms with E-state index in [4.69, 9.17) is 0 Å².